The summed E-state index contributed by atoms with van der Waals surface area (Å²) < 4.78 is 0. The molecule has 0 aliphatic heterocycles. The normalized spacial score (nSPS) is 18.6. The van der Waals surface area contributed by atoms with Crippen LogP contribution in [0.25, 0.3) is 0 Å². The molecule has 0 saturated heterocycles. The minimum absolute atomic E-state index is 0. The standard InChI is InChI=1S/C10H8O3.H2O/c11-9-5-8(10(12)13)6-3-1-2-4-7(6)9;/h1-4,8H,5H2,(H,12,13);1H2/t8-;/m1./s1. The Morgan fingerprint density at radius 3 is 2.64 bits per heavy atom. The minimum atomic E-state index is -0.918. The minimum Gasteiger partial charge on any atom is -0.481 e. The van der Waals surface area contributed by atoms with Gasteiger partial charge in [0.1, 0.15) is 0 Å². The van der Waals surface area contributed by atoms with Gasteiger partial charge in [-0.05, 0) is 5.56 Å². The monoisotopic (exact) mass is 194 g/mol. The smallest absolute Gasteiger partial charge is 0.311 e. The maximum absolute atomic E-state index is 11.3. The van der Waals surface area contributed by atoms with Gasteiger partial charge in [0, 0.05) is 12.0 Å². The van der Waals surface area contributed by atoms with E-state index in [0.717, 1.165) is 0 Å². The van der Waals surface area contributed by atoms with Crippen molar-refractivity contribution < 1.29 is 20.2 Å². The Balaban J connectivity index is 0.000000980. The molecule has 0 saturated carbocycles. The molecule has 0 amide bonds. The van der Waals surface area contributed by atoms with Gasteiger partial charge in [-0.2, -0.15) is 0 Å². The van der Waals surface area contributed by atoms with Gasteiger partial charge in [0.2, 0.25) is 0 Å². The number of benzene rings is 1. The van der Waals surface area contributed by atoms with E-state index in [9.17, 15) is 9.59 Å². The lowest BCUT2D eigenvalue weighted by Gasteiger charge is -2.02. The van der Waals surface area contributed by atoms with Crippen LogP contribution in [0.4, 0.5) is 0 Å². The number of carboxylic acids is 1. The third-order valence-corrected chi connectivity index (χ3v) is 2.32. The summed E-state index contributed by atoms with van der Waals surface area (Å²) in [5.74, 6) is -1.62. The maximum Gasteiger partial charge on any atom is 0.311 e. The highest BCUT2D eigenvalue weighted by Gasteiger charge is 2.33. The van der Waals surface area contributed by atoms with Crippen molar-refractivity contribution in [1.29, 1.82) is 0 Å². The van der Waals surface area contributed by atoms with Crippen LogP contribution in [-0.4, -0.2) is 22.3 Å². The van der Waals surface area contributed by atoms with Crippen LogP contribution in [-0.2, 0) is 4.79 Å². The summed E-state index contributed by atoms with van der Waals surface area (Å²) in [6.45, 7) is 0. The van der Waals surface area contributed by atoms with Gasteiger partial charge in [-0.3, -0.25) is 9.59 Å². The van der Waals surface area contributed by atoms with Crippen LogP contribution in [0.3, 0.4) is 0 Å². The molecule has 74 valence electrons. The van der Waals surface area contributed by atoms with Crippen LogP contribution >= 0.6 is 0 Å². The number of ketones is 1. The number of hydrogen-bond acceptors (Lipinski definition) is 2. The van der Waals surface area contributed by atoms with Crippen LogP contribution in [0, 0.1) is 0 Å². The van der Waals surface area contributed by atoms with Crippen molar-refractivity contribution in [1.82, 2.24) is 0 Å². The first-order valence-corrected chi connectivity index (χ1v) is 4.05. The van der Waals surface area contributed by atoms with E-state index in [1.807, 2.05) is 0 Å². The second kappa shape index (κ2) is 3.59. The SMILES string of the molecule is O.O=C1C[C@@H](C(=O)O)c2ccccc21. The average Bonchev–Trinajstić information content (AvgIpc) is 2.45. The fourth-order valence-electron chi connectivity index (χ4n) is 1.68. The van der Waals surface area contributed by atoms with E-state index >= 15 is 0 Å². The van der Waals surface area contributed by atoms with Crippen LogP contribution in [0.1, 0.15) is 28.3 Å². The quantitative estimate of drug-likeness (QED) is 0.710. The molecule has 1 atom stereocenters. The molecule has 1 aliphatic rings. The number of carbonyl (C=O) groups is 2. The zero-order valence-electron chi connectivity index (χ0n) is 7.36. The van der Waals surface area contributed by atoms with Gasteiger partial charge < -0.3 is 10.6 Å². The molecule has 1 aromatic carbocycles. The van der Waals surface area contributed by atoms with E-state index in [0.29, 0.717) is 11.1 Å². The van der Waals surface area contributed by atoms with Crippen molar-refractivity contribution in [3.63, 3.8) is 0 Å². The van der Waals surface area contributed by atoms with Gasteiger partial charge in [0.15, 0.2) is 5.78 Å². The summed E-state index contributed by atoms with van der Waals surface area (Å²) >= 11 is 0. The van der Waals surface area contributed by atoms with Crippen molar-refractivity contribution in [2.24, 2.45) is 0 Å². The van der Waals surface area contributed by atoms with E-state index in [4.69, 9.17) is 5.11 Å². The molecule has 1 aliphatic carbocycles. The Morgan fingerprint density at radius 2 is 2.00 bits per heavy atom. The van der Waals surface area contributed by atoms with Crippen molar-refractivity contribution in [3.05, 3.63) is 35.4 Å². The number of fused-ring (bicyclic) bond motifs is 1. The maximum atomic E-state index is 11.3. The Kier molecular flexibility index (Phi) is 2.67. The van der Waals surface area contributed by atoms with Crippen LogP contribution < -0.4 is 0 Å². The molecule has 0 unspecified atom stereocenters. The summed E-state index contributed by atoms with van der Waals surface area (Å²) in [6, 6.07) is 6.90. The molecule has 0 radical (unpaired) electrons. The molecule has 0 fully saturated rings. The number of aliphatic carboxylic acids is 1. The van der Waals surface area contributed by atoms with E-state index in [1.165, 1.54) is 0 Å². The highest BCUT2D eigenvalue weighted by atomic mass is 16.4. The Bertz CT molecular complexity index is 383. The van der Waals surface area contributed by atoms with Crippen LogP contribution in [0.15, 0.2) is 24.3 Å². The summed E-state index contributed by atoms with van der Waals surface area (Å²) in [5, 5.41) is 8.83. The molecule has 1 aromatic rings. The van der Waals surface area contributed by atoms with Gasteiger partial charge in [0.05, 0.1) is 5.92 Å². The average molecular weight is 194 g/mol. The fraction of sp³-hybridized carbons (Fsp3) is 0.200. The van der Waals surface area contributed by atoms with Gasteiger partial charge in [-0.15, -0.1) is 0 Å². The molecule has 4 nitrogen and oxygen atoms in total. The first-order chi connectivity index (χ1) is 6.20. The predicted octanol–water partition coefficient (Wildman–Crippen LogP) is 0.617. The Morgan fingerprint density at radius 1 is 1.36 bits per heavy atom. The lowest BCUT2D eigenvalue weighted by Crippen LogP contribution is -2.08. The summed E-state index contributed by atoms with van der Waals surface area (Å²) in [7, 11) is 0. The number of carbonyl (C=O) groups excluding carboxylic acids is 1. The molecule has 3 N–H and O–H groups in total. The molecule has 0 aromatic heterocycles. The zero-order valence-corrected chi connectivity index (χ0v) is 7.36. The molecule has 0 spiro atoms. The Labute approximate surface area is 80.5 Å². The van der Waals surface area contributed by atoms with Crippen LogP contribution in [0.2, 0.25) is 0 Å². The van der Waals surface area contributed by atoms with E-state index in [2.05, 4.69) is 0 Å². The fourth-order valence-corrected chi connectivity index (χ4v) is 1.68. The second-order valence-corrected chi connectivity index (χ2v) is 3.11. The number of rotatable bonds is 1. The summed E-state index contributed by atoms with van der Waals surface area (Å²) in [5.41, 5.74) is 1.22. The van der Waals surface area contributed by atoms with Crippen molar-refractivity contribution in [3.8, 4) is 0 Å². The summed E-state index contributed by atoms with van der Waals surface area (Å²) in [4.78, 5) is 22.1. The molecule has 0 bridgehead atoms. The topological polar surface area (TPSA) is 85.9 Å². The number of carboxylic acid groups (broad SMARTS) is 1. The first-order valence-electron chi connectivity index (χ1n) is 4.05. The first kappa shape index (κ1) is 10.4. The van der Waals surface area contributed by atoms with Gasteiger partial charge >= 0.3 is 5.97 Å². The van der Waals surface area contributed by atoms with Gasteiger partial charge in [0.25, 0.3) is 0 Å². The number of hydrogen-bond donors (Lipinski definition) is 1. The Hall–Kier alpha value is -1.68. The molecule has 4 heteroatoms. The highest BCUT2D eigenvalue weighted by Crippen LogP contribution is 2.32. The summed E-state index contributed by atoms with van der Waals surface area (Å²) in [6.07, 6.45) is 0.106. The highest BCUT2D eigenvalue weighted by molar-refractivity contribution is 6.05. The lowest BCUT2D eigenvalue weighted by molar-refractivity contribution is -0.138. The van der Waals surface area contributed by atoms with Gasteiger partial charge in [-0.25, -0.2) is 0 Å². The molecule has 2 rings (SSSR count). The van der Waals surface area contributed by atoms with Gasteiger partial charge in [-0.1, -0.05) is 24.3 Å². The molecular weight excluding hydrogens is 184 g/mol. The lowest BCUT2D eigenvalue weighted by atomic mass is 10.0. The molecule has 14 heavy (non-hydrogen) atoms. The zero-order chi connectivity index (χ0) is 9.42. The molecular formula is C10H10O4. The number of Topliss-reactive ketones (excluding diaryl/α,β-unsaturated/α-hetero) is 1. The van der Waals surface area contributed by atoms with Crippen molar-refractivity contribution in [2.75, 3.05) is 0 Å². The predicted molar refractivity (Wildman–Crippen MR) is 49.4 cm³/mol. The third-order valence-electron chi connectivity index (χ3n) is 2.32. The second-order valence-electron chi connectivity index (χ2n) is 3.11. The third kappa shape index (κ3) is 1.40. The molecule has 0 heterocycles. The van der Waals surface area contributed by atoms with Crippen molar-refractivity contribution >= 4 is 11.8 Å². The largest absolute Gasteiger partial charge is 0.481 e. The van der Waals surface area contributed by atoms with E-state index < -0.39 is 11.9 Å². The van der Waals surface area contributed by atoms with E-state index in [-0.39, 0.29) is 17.7 Å². The van der Waals surface area contributed by atoms with Crippen LogP contribution in [0.5, 0.6) is 0 Å². The van der Waals surface area contributed by atoms with Crippen molar-refractivity contribution in [2.45, 2.75) is 12.3 Å². The van der Waals surface area contributed by atoms with E-state index in [1.54, 1.807) is 24.3 Å².